The standard InChI is InChI=1S/C17H19Cl2NO3S/c1-17(2,23-12-6-4-11(18)5-7-12)16(21)20-10-13(22-3)14-8-9-15(19)24-14/h4-9,13H,10H2,1-3H3,(H,20,21). The molecule has 4 nitrogen and oxygen atoms in total. The third kappa shape index (κ3) is 5.11. The summed E-state index contributed by atoms with van der Waals surface area (Å²) in [6.07, 6.45) is -0.252. The van der Waals surface area contributed by atoms with E-state index in [9.17, 15) is 4.79 Å². The predicted octanol–water partition coefficient (Wildman–Crippen LogP) is 4.72. The number of halogens is 2. The first-order chi connectivity index (χ1) is 11.3. The van der Waals surface area contributed by atoms with E-state index in [1.54, 1.807) is 45.2 Å². The molecule has 0 aliphatic rings. The topological polar surface area (TPSA) is 47.6 Å². The van der Waals surface area contributed by atoms with Gasteiger partial charge in [-0.25, -0.2) is 0 Å². The Kier molecular flexibility index (Phi) is 6.52. The van der Waals surface area contributed by atoms with Crippen LogP contribution >= 0.6 is 34.5 Å². The molecule has 2 aromatic rings. The van der Waals surface area contributed by atoms with Gasteiger partial charge in [-0.1, -0.05) is 23.2 Å². The first-order valence-electron chi connectivity index (χ1n) is 7.33. The molecule has 7 heteroatoms. The van der Waals surface area contributed by atoms with Gasteiger partial charge in [0.05, 0.1) is 4.34 Å². The molecule has 2 rings (SSSR count). The normalized spacial score (nSPS) is 12.7. The zero-order valence-electron chi connectivity index (χ0n) is 13.6. The van der Waals surface area contributed by atoms with Gasteiger partial charge in [-0.05, 0) is 50.2 Å². The fourth-order valence-electron chi connectivity index (χ4n) is 2.04. The van der Waals surface area contributed by atoms with Crippen molar-refractivity contribution in [1.29, 1.82) is 0 Å². The molecule has 1 atom stereocenters. The number of carbonyl (C=O) groups excluding carboxylic acids is 1. The summed E-state index contributed by atoms with van der Waals surface area (Å²) in [4.78, 5) is 13.4. The maximum atomic E-state index is 12.5. The summed E-state index contributed by atoms with van der Waals surface area (Å²) in [5.74, 6) is 0.343. The number of rotatable bonds is 7. The molecule has 130 valence electrons. The summed E-state index contributed by atoms with van der Waals surface area (Å²) in [7, 11) is 1.60. The number of thiophene rings is 1. The molecule has 0 spiro atoms. The Morgan fingerprint density at radius 2 is 1.88 bits per heavy atom. The van der Waals surface area contributed by atoms with Crippen LogP contribution in [0.25, 0.3) is 0 Å². The second kappa shape index (κ2) is 8.21. The number of hydrogen-bond acceptors (Lipinski definition) is 4. The van der Waals surface area contributed by atoms with E-state index < -0.39 is 5.60 Å². The van der Waals surface area contributed by atoms with Crippen molar-refractivity contribution < 1.29 is 14.3 Å². The number of ether oxygens (including phenoxy) is 2. The molecule has 1 aromatic carbocycles. The average molecular weight is 388 g/mol. The average Bonchev–Trinajstić information content (AvgIpc) is 2.96. The van der Waals surface area contributed by atoms with Crippen LogP contribution < -0.4 is 10.1 Å². The van der Waals surface area contributed by atoms with Crippen molar-refractivity contribution in [3.63, 3.8) is 0 Å². The monoisotopic (exact) mass is 387 g/mol. The summed E-state index contributed by atoms with van der Waals surface area (Å²) in [5, 5.41) is 3.48. The molecule has 1 unspecified atom stereocenters. The van der Waals surface area contributed by atoms with Crippen molar-refractivity contribution in [3.05, 3.63) is 50.6 Å². The number of benzene rings is 1. The van der Waals surface area contributed by atoms with Crippen LogP contribution in [-0.4, -0.2) is 25.2 Å². The maximum absolute atomic E-state index is 12.5. The summed E-state index contributed by atoms with van der Waals surface area (Å²) in [6, 6.07) is 10.6. The SMILES string of the molecule is COC(CNC(=O)C(C)(C)Oc1ccc(Cl)cc1)c1ccc(Cl)s1. The van der Waals surface area contributed by atoms with Crippen molar-refractivity contribution in [2.45, 2.75) is 25.6 Å². The molecule has 0 fully saturated rings. The highest BCUT2D eigenvalue weighted by Gasteiger charge is 2.30. The Morgan fingerprint density at radius 3 is 2.42 bits per heavy atom. The lowest BCUT2D eigenvalue weighted by Gasteiger charge is -2.26. The van der Waals surface area contributed by atoms with E-state index in [2.05, 4.69) is 5.32 Å². The highest BCUT2D eigenvalue weighted by molar-refractivity contribution is 7.16. The third-order valence-corrected chi connectivity index (χ3v) is 4.95. The fourth-order valence-corrected chi connectivity index (χ4v) is 3.31. The summed E-state index contributed by atoms with van der Waals surface area (Å²) >= 11 is 13.2. The van der Waals surface area contributed by atoms with Crippen LogP contribution in [0.2, 0.25) is 9.36 Å². The molecule has 1 heterocycles. The van der Waals surface area contributed by atoms with Crippen LogP contribution in [0.5, 0.6) is 5.75 Å². The molecule has 0 radical (unpaired) electrons. The van der Waals surface area contributed by atoms with Gasteiger partial charge in [0.25, 0.3) is 5.91 Å². The van der Waals surface area contributed by atoms with Gasteiger partial charge in [-0.15, -0.1) is 11.3 Å². The third-order valence-electron chi connectivity index (χ3n) is 3.38. The Balaban J connectivity index is 1.95. The van der Waals surface area contributed by atoms with Crippen LogP contribution in [0, 0.1) is 0 Å². The van der Waals surface area contributed by atoms with Crippen molar-refractivity contribution in [2.24, 2.45) is 0 Å². The Hall–Kier alpha value is -1.27. The molecule has 1 N–H and O–H groups in total. The van der Waals surface area contributed by atoms with E-state index in [1.165, 1.54) is 11.3 Å². The van der Waals surface area contributed by atoms with Crippen molar-refractivity contribution >= 4 is 40.4 Å². The lowest BCUT2D eigenvalue weighted by Crippen LogP contribution is -2.47. The second-order valence-corrected chi connectivity index (χ2v) is 7.83. The number of hydrogen-bond donors (Lipinski definition) is 1. The van der Waals surface area contributed by atoms with Crippen LogP contribution in [0.15, 0.2) is 36.4 Å². The minimum absolute atomic E-state index is 0.234. The van der Waals surface area contributed by atoms with E-state index in [-0.39, 0.29) is 12.0 Å². The summed E-state index contributed by atoms with van der Waals surface area (Å²) in [6.45, 7) is 3.75. The molecule has 0 saturated heterocycles. The number of nitrogens with one attached hydrogen (secondary N) is 1. The van der Waals surface area contributed by atoms with Gasteiger partial charge >= 0.3 is 0 Å². The van der Waals surface area contributed by atoms with E-state index in [4.69, 9.17) is 32.7 Å². The van der Waals surface area contributed by atoms with Gasteiger partial charge in [-0.2, -0.15) is 0 Å². The van der Waals surface area contributed by atoms with Gasteiger partial charge in [0.2, 0.25) is 0 Å². The van der Waals surface area contributed by atoms with Gasteiger partial charge < -0.3 is 14.8 Å². The zero-order chi connectivity index (χ0) is 17.7. The molecule has 0 saturated carbocycles. The highest BCUT2D eigenvalue weighted by atomic mass is 35.5. The minimum atomic E-state index is -1.03. The van der Waals surface area contributed by atoms with Gasteiger partial charge in [0.1, 0.15) is 11.9 Å². The van der Waals surface area contributed by atoms with Gasteiger partial charge in [-0.3, -0.25) is 4.79 Å². The van der Waals surface area contributed by atoms with Crippen LogP contribution in [0.3, 0.4) is 0 Å². The molecular formula is C17H19Cl2NO3S. The largest absolute Gasteiger partial charge is 0.478 e. The molecule has 1 aromatic heterocycles. The minimum Gasteiger partial charge on any atom is -0.478 e. The van der Waals surface area contributed by atoms with Gasteiger partial charge in [0, 0.05) is 23.6 Å². The molecule has 0 aliphatic heterocycles. The van der Waals surface area contributed by atoms with E-state index >= 15 is 0 Å². The van der Waals surface area contributed by atoms with E-state index in [0.29, 0.717) is 21.7 Å². The summed E-state index contributed by atoms with van der Waals surface area (Å²) < 4.78 is 11.9. The second-order valence-electron chi connectivity index (χ2n) is 5.64. The summed E-state index contributed by atoms with van der Waals surface area (Å²) in [5.41, 5.74) is -1.03. The van der Waals surface area contributed by atoms with Crippen LogP contribution in [-0.2, 0) is 9.53 Å². The van der Waals surface area contributed by atoms with E-state index in [0.717, 1.165) is 4.88 Å². The van der Waals surface area contributed by atoms with E-state index in [1.807, 2.05) is 12.1 Å². The smallest absolute Gasteiger partial charge is 0.263 e. The van der Waals surface area contributed by atoms with Crippen LogP contribution in [0.1, 0.15) is 24.8 Å². The van der Waals surface area contributed by atoms with Crippen molar-refractivity contribution in [3.8, 4) is 5.75 Å². The number of carbonyl (C=O) groups is 1. The van der Waals surface area contributed by atoms with Crippen molar-refractivity contribution in [2.75, 3.05) is 13.7 Å². The first kappa shape index (κ1) is 19.1. The molecule has 24 heavy (non-hydrogen) atoms. The molecular weight excluding hydrogens is 369 g/mol. The Morgan fingerprint density at radius 1 is 1.21 bits per heavy atom. The van der Waals surface area contributed by atoms with Crippen molar-refractivity contribution in [1.82, 2.24) is 5.32 Å². The molecule has 1 amide bonds. The fraction of sp³-hybridized carbons (Fsp3) is 0.353. The zero-order valence-corrected chi connectivity index (χ0v) is 16.0. The number of methoxy groups -OCH3 is 1. The first-order valence-corrected chi connectivity index (χ1v) is 8.90. The van der Waals surface area contributed by atoms with Gasteiger partial charge in [0.15, 0.2) is 5.60 Å². The Bertz CT molecular complexity index is 685. The predicted molar refractivity (Wildman–Crippen MR) is 98.2 cm³/mol. The van der Waals surface area contributed by atoms with Crippen LogP contribution in [0.4, 0.5) is 0 Å². The lowest BCUT2D eigenvalue weighted by atomic mass is 10.1. The highest BCUT2D eigenvalue weighted by Crippen LogP contribution is 2.28. The lowest BCUT2D eigenvalue weighted by molar-refractivity contribution is -0.134. The molecule has 0 aliphatic carbocycles. The quantitative estimate of drug-likeness (QED) is 0.747. The number of amides is 1. The molecule has 0 bridgehead atoms. The maximum Gasteiger partial charge on any atom is 0.263 e. The Labute approximate surface area is 155 Å².